The second-order valence-corrected chi connectivity index (χ2v) is 5.60. The second kappa shape index (κ2) is 8.68. The average Bonchev–Trinajstić information content (AvgIpc) is 2.31. The van der Waals surface area contributed by atoms with Gasteiger partial charge in [-0.15, -0.1) is 12.3 Å². The van der Waals surface area contributed by atoms with E-state index in [4.69, 9.17) is 6.42 Å². The van der Waals surface area contributed by atoms with E-state index in [1.165, 1.54) is 70.6 Å². The van der Waals surface area contributed by atoms with Gasteiger partial charge in [0.1, 0.15) is 0 Å². The van der Waals surface area contributed by atoms with E-state index in [2.05, 4.69) is 12.8 Å². The summed E-state index contributed by atoms with van der Waals surface area (Å²) >= 11 is 0. The molecule has 1 saturated carbocycles. The first-order valence-corrected chi connectivity index (χ1v) is 7.29. The topological polar surface area (TPSA) is 0 Å². The van der Waals surface area contributed by atoms with Crippen LogP contribution < -0.4 is 0 Å². The number of terminal acetylenes is 1. The molecule has 0 aromatic heterocycles. The van der Waals surface area contributed by atoms with Crippen molar-refractivity contribution in [1.82, 2.24) is 0 Å². The lowest BCUT2D eigenvalue weighted by molar-refractivity contribution is 0.438. The molecule has 1 aliphatic carbocycles. The highest BCUT2D eigenvalue weighted by molar-refractivity contribution is 4.92. The van der Waals surface area contributed by atoms with Crippen molar-refractivity contribution in [2.45, 2.75) is 77.6 Å². The van der Waals surface area contributed by atoms with Gasteiger partial charge >= 0.3 is 0 Å². The molecular formula is C16H28. The van der Waals surface area contributed by atoms with E-state index in [1.54, 1.807) is 0 Å². The van der Waals surface area contributed by atoms with Gasteiger partial charge in [-0.1, -0.05) is 64.7 Å². The molecule has 2 unspecified atom stereocenters. The van der Waals surface area contributed by atoms with Crippen LogP contribution in [0.2, 0.25) is 0 Å². The van der Waals surface area contributed by atoms with Crippen LogP contribution in [-0.4, -0.2) is 0 Å². The summed E-state index contributed by atoms with van der Waals surface area (Å²) in [6, 6.07) is 0. The van der Waals surface area contributed by atoms with Crippen molar-refractivity contribution < 1.29 is 0 Å². The van der Waals surface area contributed by atoms with Gasteiger partial charge in [0.15, 0.2) is 0 Å². The van der Waals surface area contributed by atoms with Gasteiger partial charge in [0, 0.05) is 5.92 Å². The van der Waals surface area contributed by atoms with Gasteiger partial charge < -0.3 is 0 Å². The fourth-order valence-corrected chi connectivity index (χ4v) is 2.75. The van der Waals surface area contributed by atoms with Crippen molar-refractivity contribution in [3.05, 3.63) is 0 Å². The summed E-state index contributed by atoms with van der Waals surface area (Å²) in [7, 11) is 0. The second-order valence-electron chi connectivity index (χ2n) is 5.60. The molecule has 0 aliphatic heterocycles. The molecule has 0 spiro atoms. The fourth-order valence-electron chi connectivity index (χ4n) is 2.75. The van der Waals surface area contributed by atoms with Crippen molar-refractivity contribution in [3.8, 4) is 12.3 Å². The van der Waals surface area contributed by atoms with Crippen LogP contribution in [0.15, 0.2) is 0 Å². The minimum atomic E-state index is 0.568. The van der Waals surface area contributed by atoms with E-state index in [9.17, 15) is 0 Å². The molecule has 0 radical (unpaired) electrons. The maximum Gasteiger partial charge on any atom is 0.0200 e. The maximum absolute atomic E-state index is 5.59. The summed E-state index contributed by atoms with van der Waals surface area (Å²) in [5, 5.41) is 0. The van der Waals surface area contributed by atoms with Crippen LogP contribution in [0.5, 0.6) is 0 Å². The highest BCUT2D eigenvalue weighted by atomic mass is 14.1. The van der Waals surface area contributed by atoms with Crippen molar-refractivity contribution in [2.24, 2.45) is 11.8 Å². The van der Waals surface area contributed by atoms with Gasteiger partial charge in [-0.25, -0.2) is 0 Å². The Balaban J connectivity index is 2.28. The van der Waals surface area contributed by atoms with E-state index in [0.29, 0.717) is 5.92 Å². The Hall–Kier alpha value is -0.440. The van der Waals surface area contributed by atoms with Gasteiger partial charge in [0.2, 0.25) is 0 Å². The van der Waals surface area contributed by atoms with E-state index in [0.717, 1.165) is 5.92 Å². The molecule has 0 saturated heterocycles. The third kappa shape index (κ3) is 6.21. The van der Waals surface area contributed by atoms with Crippen LogP contribution in [0.25, 0.3) is 0 Å². The lowest BCUT2D eigenvalue weighted by Gasteiger charge is -2.10. The van der Waals surface area contributed by atoms with Crippen molar-refractivity contribution in [1.29, 1.82) is 0 Å². The van der Waals surface area contributed by atoms with Crippen LogP contribution in [-0.2, 0) is 0 Å². The van der Waals surface area contributed by atoms with Crippen LogP contribution >= 0.6 is 0 Å². The van der Waals surface area contributed by atoms with Gasteiger partial charge in [0.25, 0.3) is 0 Å². The predicted octanol–water partition coefficient (Wildman–Crippen LogP) is 5.18. The SMILES string of the molecule is C#CC1CCCCCCC(C)CCCCC1. The molecule has 1 fully saturated rings. The largest absolute Gasteiger partial charge is 0.120 e. The quantitative estimate of drug-likeness (QED) is 0.494. The summed E-state index contributed by atoms with van der Waals surface area (Å²) < 4.78 is 0. The molecule has 1 rings (SSSR count). The van der Waals surface area contributed by atoms with Crippen LogP contribution in [0.1, 0.15) is 77.6 Å². The molecule has 0 amide bonds. The highest BCUT2D eigenvalue weighted by Crippen LogP contribution is 2.22. The minimum absolute atomic E-state index is 0.568. The Labute approximate surface area is 102 Å². The molecule has 0 heterocycles. The first-order valence-electron chi connectivity index (χ1n) is 7.29. The summed E-state index contributed by atoms with van der Waals surface area (Å²) in [4.78, 5) is 0. The Bertz CT molecular complexity index is 199. The fraction of sp³-hybridized carbons (Fsp3) is 0.875. The zero-order valence-corrected chi connectivity index (χ0v) is 11.0. The van der Waals surface area contributed by atoms with E-state index < -0.39 is 0 Å². The number of hydrogen-bond acceptors (Lipinski definition) is 0. The summed E-state index contributed by atoms with van der Waals surface area (Å²) in [5.41, 5.74) is 0. The van der Waals surface area contributed by atoms with E-state index >= 15 is 0 Å². The summed E-state index contributed by atoms with van der Waals surface area (Å²) in [6.07, 6.45) is 20.7. The van der Waals surface area contributed by atoms with E-state index in [-0.39, 0.29) is 0 Å². The van der Waals surface area contributed by atoms with Crippen LogP contribution in [0, 0.1) is 24.2 Å². The molecule has 0 nitrogen and oxygen atoms in total. The molecule has 0 heteroatoms. The zero-order valence-electron chi connectivity index (χ0n) is 11.0. The van der Waals surface area contributed by atoms with E-state index in [1.807, 2.05) is 0 Å². The molecule has 0 aromatic carbocycles. The monoisotopic (exact) mass is 220 g/mol. The third-order valence-corrected chi connectivity index (χ3v) is 3.98. The number of hydrogen-bond donors (Lipinski definition) is 0. The molecular weight excluding hydrogens is 192 g/mol. The Morgan fingerprint density at radius 1 is 0.750 bits per heavy atom. The third-order valence-electron chi connectivity index (χ3n) is 3.98. The van der Waals surface area contributed by atoms with Gasteiger partial charge in [-0.3, -0.25) is 0 Å². The Morgan fingerprint density at radius 2 is 1.19 bits per heavy atom. The van der Waals surface area contributed by atoms with Crippen molar-refractivity contribution in [3.63, 3.8) is 0 Å². The molecule has 1 aliphatic rings. The van der Waals surface area contributed by atoms with Crippen molar-refractivity contribution >= 4 is 0 Å². The molecule has 2 atom stereocenters. The lowest BCUT2D eigenvalue weighted by Crippen LogP contribution is -1.97. The summed E-state index contributed by atoms with van der Waals surface area (Å²) in [5.74, 6) is 4.50. The normalized spacial score (nSPS) is 30.5. The highest BCUT2D eigenvalue weighted by Gasteiger charge is 2.07. The number of rotatable bonds is 0. The Kier molecular flexibility index (Phi) is 7.39. The molecule has 0 bridgehead atoms. The van der Waals surface area contributed by atoms with Crippen molar-refractivity contribution in [2.75, 3.05) is 0 Å². The van der Waals surface area contributed by atoms with Crippen LogP contribution in [0.4, 0.5) is 0 Å². The molecule has 16 heavy (non-hydrogen) atoms. The smallest absolute Gasteiger partial charge is 0.0200 e. The summed E-state index contributed by atoms with van der Waals surface area (Å²) in [6.45, 7) is 2.42. The standard InChI is InChI=1S/C16H28/c1-3-16-13-9-5-4-7-11-15(2)12-8-6-10-14-16/h1,15-16H,4-14H2,2H3. The average molecular weight is 220 g/mol. The Morgan fingerprint density at radius 3 is 1.69 bits per heavy atom. The van der Waals surface area contributed by atoms with Gasteiger partial charge in [-0.05, 0) is 18.8 Å². The van der Waals surface area contributed by atoms with Crippen LogP contribution in [0.3, 0.4) is 0 Å². The first-order chi connectivity index (χ1) is 7.83. The lowest BCUT2D eigenvalue weighted by atomic mass is 9.95. The zero-order chi connectivity index (χ0) is 11.6. The first kappa shape index (κ1) is 13.6. The maximum atomic E-state index is 5.59. The minimum Gasteiger partial charge on any atom is -0.120 e. The predicted molar refractivity (Wildman–Crippen MR) is 72.3 cm³/mol. The molecule has 0 aromatic rings. The molecule has 0 N–H and O–H groups in total. The van der Waals surface area contributed by atoms with Gasteiger partial charge in [0.05, 0.1) is 0 Å². The van der Waals surface area contributed by atoms with Gasteiger partial charge in [-0.2, -0.15) is 0 Å². The molecule has 92 valence electrons.